The van der Waals surface area contributed by atoms with Crippen molar-refractivity contribution in [2.75, 3.05) is 5.32 Å². The van der Waals surface area contributed by atoms with Crippen LogP contribution in [0.4, 0.5) is 5.69 Å². The molecular weight excluding hydrogens is 326 g/mol. The first-order valence-electron chi connectivity index (χ1n) is 7.47. The zero-order chi connectivity index (χ0) is 16.9. The summed E-state index contributed by atoms with van der Waals surface area (Å²) in [6, 6.07) is 14.6. The Morgan fingerprint density at radius 1 is 1.21 bits per heavy atom. The fraction of sp³-hybridized carbons (Fsp3) is 0.176. The lowest BCUT2D eigenvalue weighted by molar-refractivity contribution is -0.119. The van der Waals surface area contributed by atoms with E-state index in [2.05, 4.69) is 20.8 Å². The molecular formula is C17H16ClN5O. The molecule has 0 bridgehead atoms. The van der Waals surface area contributed by atoms with Crippen LogP contribution >= 0.6 is 11.6 Å². The van der Waals surface area contributed by atoms with Crippen molar-refractivity contribution in [2.24, 2.45) is 0 Å². The number of tetrazole rings is 1. The zero-order valence-electron chi connectivity index (χ0n) is 13.1. The molecule has 122 valence electrons. The van der Waals surface area contributed by atoms with Gasteiger partial charge in [0, 0.05) is 17.1 Å². The van der Waals surface area contributed by atoms with E-state index in [1.807, 2.05) is 43.3 Å². The normalized spacial score (nSPS) is 11.9. The summed E-state index contributed by atoms with van der Waals surface area (Å²) in [6.45, 7) is 1.86. The van der Waals surface area contributed by atoms with Crippen LogP contribution in [0.3, 0.4) is 0 Å². The number of nitrogens with one attached hydrogen (secondary N) is 1. The molecule has 0 aliphatic rings. The molecule has 1 amide bonds. The van der Waals surface area contributed by atoms with Crippen molar-refractivity contribution in [3.05, 3.63) is 71.0 Å². The predicted molar refractivity (Wildman–Crippen MR) is 91.8 cm³/mol. The van der Waals surface area contributed by atoms with Crippen LogP contribution in [0, 0.1) is 6.92 Å². The van der Waals surface area contributed by atoms with Gasteiger partial charge in [-0.3, -0.25) is 4.79 Å². The number of benzene rings is 2. The van der Waals surface area contributed by atoms with Gasteiger partial charge in [0.2, 0.25) is 5.91 Å². The van der Waals surface area contributed by atoms with Crippen LogP contribution in [0.5, 0.6) is 0 Å². The third kappa shape index (κ3) is 3.60. The van der Waals surface area contributed by atoms with Crippen LogP contribution in [-0.4, -0.2) is 26.1 Å². The second-order valence-corrected chi connectivity index (χ2v) is 5.80. The van der Waals surface area contributed by atoms with Gasteiger partial charge in [-0.15, -0.1) is 5.10 Å². The van der Waals surface area contributed by atoms with E-state index >= 15 is 0 Å². The molecule has 24 heavy (non-hydrogen) atoms. The highest BCUT2D eigenvalue weighted by Crippen LogP contribution is 2.24. The molecule has 3 aromatic rings. The first kappa shape index (κ1) is 16.1. The van der Waals surface area contributed by atoms with Gasteiger partial charge in [-0.25, -0.2) is 4.68 Å². The summed E-state index contributed by atoms with van der Waals surface area (Å²) in [5.41, 5.74) is 2.53. The molecule has 1 N–H and O–H groups in total. The Labute approximate surface area is 144 Å². The quantitative estimate of drug-likeness (QED) is 0.774. The second kappa shape index (κ2) is 7.23. The lowest BCUT2D eigenvalue weighted by Gasteiger charge is -2.17. The van der Waals surface area contributed by atoms with Gasteiger partial charge in [0.05, 0.1) is 0 Å². The Balaban J connectivity index is 1.85. The van der Waals surface area contributed by atoms with Crippen LogP contribution in [-0.2, 0) is 11.2 Å². The summed E-state index contributed by atoms with van der Waals surface area (Å²) >= 11 is 6.12. The summed E-state index contributed by atoms with van der Waals surface area (Å²) in [5.74, 6) is -0.198. The van der Waals surface area contributed by atoms with Gasteiger partial charge in [-0.1, -0.05) is 48.0 Å². The van der Waals surface area contributed by atoms with Gasteiger partial charge in [0.25, 0.3) is 0 Å². The maximum atomic E-state index is 12.8. The summed E-state index contributed by atoms with van der Waals surface area (Å²) in [6.07, 6.45) is 1.93. The number of amides is 1. The largest absolute Gasteiger partial charge is 0.324 e. The highest BCUT2D eigenvalue weighted by atomic mass is 35.5. The molecule has 2 aromatic carbocycles. The molecule has 7 heteroatoms. The van der Waals surface area contributed by atoms with Crippen LogP contribution in [0.2, 0.25) is 5.02 Å². The fourth-order valence-corrected chi connectivity index (χ4v) is 2.59. The molecule has 0 aliphatic heterocycles. The standard InChI is InChI=1S/C17H16ClN5O/c1-12-14(18)8-5-9-15(12)20-17(24)16(23-11-19-21-22-23)10-13-6-3-2-4-7-13/h2-9,11,16H,10H2,1H3,(H,20,24). The first-order chi connectivity index (χ1) is 11.6. The van der Waals surface area contributed by atoms with Gasteiger partial charge in [0.1, 0.15) is 12.4 Å². The minimum absolute atomic E-state index is 0.198. The monoisotopic (exact) mass is 341 g/mol. The second-order valence-electron chi connectivity index (χ2n) is 5.40. The molecule has 0 fully saturated rings. The summed E-state index contributed by atoms with van der Waals surface area (Å²) in [7, 11) is 0. The summed E-state index contributed by atoms with van der Waals surface area (Å²) < 4.78 is 1.46. The van der Waals surface area contributed by atoms with Crippen molar-refractivity contribution >= 4 is 23.2 Å². The number of carbonyl (C=O) groups is 1. The molecule has 0 saturated carbocycles. The van der Waals surface area contributed by atoms with Crippen LogP contribution in [0.15, 0.2) is 54.9 Å². The number of carbonyl (C=O) groups excluding carboxylic acids is 1. The van der Waals surface area contributed by atoms with Gasteiger partial charge >= 0.3 is 0 Å². The van der Waals surface area contributed by atoms with Gasteiger partial charge < -0.3 is 5.32 Å². The van der Waals surface area contributed by atoms with E-state index in [1.54, 1.807) is 12.1 Å². The first-order valence-corrected chi connectivity index (χ1v) is 7.85. The molecule has 1 atom stereocenters. The minimum atomic E-state index is -0.555. The van der Waals surface area contributed by atoms with Gasteiger partial charge in [0.15, 0.2) is 0 Å². The lowest BCUT2D eigenvalue weighted by atomic mass is 10.1. The van der Waals surface area contributed by atoms with Gasteiger partial charge in [-0.05, 0) is 40.6 Å². The lowest BCUT2D eigenvalue weighted by Crippen LogP contribution is -2.28. The molecule has 6 nitrogen and oxygen atoms in total. The third-order valence-electron chi connectivity index (χ3n) is 3.78. The van der Waals surface area contributed by atoms with Crippen LogP contribution < -0.4 is 5.32 Å². The fourth-order valence-electron chi connectivity index (χ4n) is 2.41. The van der Waals surface area contributed by atoms with Gasteiger partial charge in [-0.2, -0.15) is 0 Å². The minimum Gasteiger partial charge on any atom is -0.324 e. The maximum absolute atomic E-state index is 12.8. The van der Waals surface area contributed by atoms with Crippen molar-refractivity contribution in [1.82, 2.24) is 20.2 Å². The highest BCUT2D eigenvalue weighted by Gasteiger charge is 2.23. The molecule has 0 radical (unpaired) electrons. The van der Waals surface area contributed by atoms with Crippen LogP contribution in [0.1, 0.15) is 17.2 Å². The SMILES string of the molecule is Cc1c(Cl)cccc1NC(=O)C(Cc1ccccc1)n1cnnn1. The Morgan fingerprint density at radius 2 is 2.00 bits per heavy atom. The van der Waals surface area contributed by atoms with E-state index in [0.717, 1.165) is 11.1 Å². The third-order valence-corrected chi connectivity index (χ3v) is 4.19. The smallest absolute Gasteiger partial charge is 0.249 e. The van der Waals surface area contributed by atoms with E-state index in [-0.39, 0.29) is 5.91 Å². The zero-order valence-corrected chi connectivity index (χ0v) is 13.8. The summed E-state index contributed by atoms with van der Waals surface area (Å²) in [5, 5.41) is 14.7. The Kier molecular flexibility index (Phi) is 4.86. The van der Waals surface area contributed by atoms with Crippen molar-refractivity contribution in [1.29, 1.82) is 0 Å². The Bertz CT molecular complexity index is 820. The maximum Gasteiger partial charge on any atom is 0.249 e. The number of halogens is 1. The molecule has 1 unspecified atom stereocenters. The van der Waals surface area contributed by atoms with Crippen molar-refractivity contribution in [3.63, 3.8) is 0 Å². The average molecular weight is 342 g/mol. The van der Waals surface area contributed by atoms with Crippen LogP contribution in [0.25, 0.3) is 0 Å². The average Bonchev–Trinajstić information content (AvgIpc) is 3.12. The molecule has 3 rings (SSSR count). The number of anilines is 1. The van der Waals surface area contributed by atoms with E-state index in [9.17, 15) is 4.79 Å². The Hall–Kier alpha value is -2.73. The topological polar surface area (TPSA) is 72.7 Å². The number of rotatable bonds is 5. The van der Waals surface area contributed by atoms with E-state index < -0.39 is 6.04 Å². The van der Waals surface area contributed by atoms with E-state index in [1.165, 1.54) is 11.0 Å². The number of aromatic nitrogens is 4. The van der Waals surface area contributed by atoms with Crippen molar-refractivity contribution < 1.29 is 4.79 Å². The molecule has 0 saturated heterocycles. The molecule has 1 aromatic heterocycles. The molecule has 0 aliphatic carbocycles. The number of nitrogens with zero attached hydrogens (tertiary/aromatic N) is 4. The van der Waals surface area contributed by atoms with Crippen molar-refractivity contribution in [3.8, 4) is 0 Å². The van der Waals surface area contributed by atoms with E-state index in [4.69, 9.17) is 11.6 Å². The number of hydrogen-bond acceptors (Lipinski definition) is 4. The van der Waals surface area contributed by atoms with Crippen molar-refractivity contribution in [2.45, 2.75) is 19.4 Å². The molecule has 0 spiro atoms. The highest BCUT2D eigenvalue weighted by molar-refractivity contribution is 6.31. The predicted octanol–water partition coefficient (Wildman–Crippen LogP) is 3.06. The van der Waals surface area contributed by atoms with E-state index in [0.29, 0.717) is 17.1 Å². The molecule has 1 heterocycles. The number of hydrogen-bond donors (Lipinski definition) is 1. The Morgan fingerprint density at radius 3 is 2.71 bits per heavy atom. The summed E-state index contributed by atoms with van der Waals surface area (Å²) in [4.78, 5) is 12.8.